The molecule has 0 spiro atoms. The van der Waals surface area contributed by atoms with Crippen molar-refractivity contribution < 1.29 is 9.59 Å². The number of rotatable bonds is 7. The summed E-state index contributed by atoms with van der Waals surface area (Å²) in [5, 5.41) is 14.6. The van der Waals surface area contributed by atoms with Crippen LogP contribution in [0.5, 0.6) is 0 Å². The van der Waals surface area contributed by atoms with Crippen LogP contribution in [0, 0.1) is 19.8 Å². The molecule has 0 aliphatic heterocycles. The zero-order valence-electron chi connectivity index (χ0n) is 15.8. The summed E-state index contributed by atoms with van der Waals surface area (Å²) in [6, 6.07) is 0. The second kappa shape index (κ2) is 8.35. The van der Waals surface area contributed by atoms with Gasteiger partial charge in [0.05, 0.1) is 40.8 Å². The number of aromatic nitrogens is 4. The van der Waals surface area contributed by atoms with Crippen molar-refractivity contribution in [3.05, 3.63) is 28.3 Å². The first kappa shape index (κ1) is 20.0. The molecule has 0 saturated carbocycles. The fourth-order valence-electron chi connectivity index (χ4n) is 2.57. The molecule has 2 amide bonds. The zero-order chi connectivity index (χ0) is 19.4. The van der Waals surface area contributed by atoms with E-state index in [0.717, 1.165) is 17.8 Å². The van der Waals surface area contributed by atoms with E-state index in [-0.39, 0.29) is 17.7 Å². The van der Waals surface area contributed by atoms with Crippen molar-refractivity contribution in [1.29, 1.82) is 0 Å². The predicted molar refractivity (Wildman–Crippen MR) is 100 cm³/mol. The fraction of sp³-hybridized carbons (Fsp3) is 0.529. The average Bonchev–Trinajstić information content (AvgIpc) is 3.07. The molecule has 0 saturated heterocycles. The lowest BCUT2D eigenvalue weighted by atomic mass is 10.1. The summed E-state index contributed by atoms with van der Waals surface area (Å²) < 4.78 is 3.17. The quantitative estimate of drug-likeness (QED) is 0.770. The van der Waals surface area contributed by atoms with Gasteiger partial charge in [0.2, 0.25) is 5.91 Å². The predicted octanol–water partition coefficient (Wildman–Crippen LogP) is 2.30. The van der Waals surface area contributed by atoms with Gasteiger partial charge >= 0.3 is 0 Å². The molecule has 0 aliphatic rings. The minimum Gasteiger partial charge on any atom is -0.351 e. The van der Waals surface area contributed by atoms with Crippen molar-refractivity contribution in [2.75, 3.05) is 11.9 Å². The van der Waals surface area contributed by atoms with Crippen LogP contribution in [0.4, 0.5) is 5.69 Å². The van der Waals surface area contributed by atoms with Gasteiger partial charge in [-0.1, -0.05) is 25.4 Å². The minimum atomic E-state index is -0.365. The van der Waals surface area contributed by atoms with Gasteiger partial charge in [0.15, 0.2) is 0 Å². The Morgan fingerprint density at radius 3 is 2.62 bits per heavy atom. The fourth-order valence-corrected chi connectivity index (χ4v) is 2.71. The van der Waals surface area contributed by atoms with E-state index < -0.39 is 0 Å². The number of amides is 2. The van der Waals surface area contributed by atoms with Gasteiger partial charge in [0.1, 0.15) is 5.69 Å². The number of halogens is 1. The highest BCUT2D eigenvalue weighted by Crippen LogP contribution is 2.21. The molecule has 2 rings (SSSR count). The van der Waals surface area contributed by atoms with Gasteiger partial charge in [-0.25, -0.2) is 0 Å². The van der Waals surface area contributed by atoms with E-state index in [1.54, 1.807) is 18.7 Å². The van der Waals surface area contributed by atoms with E-state index in [2.05, 4.69) is 20.8 Å². The van der Waals surface area contributed by atoms with Crippen LogP contribution in [-0.4, -0.2) is 37.9 Å². The van der Waals surface area contributed by atoms with Crippen molar-refractivity contribution in [3.63, 3.8) is 0 Å². The summed E-state index contributed by atoms with van der Waals surface area (Å²) in [5.74, 6) is -0.845. The molecule has 0 fully saturated rings. The molecule has 142 valence electrons. The van der Waals surface area contributed by atoms with E-state index in [0.29, 0.717) is 29.5 Å². The van der Waals surface area contributed by atoms with Gasteiger partial charge in [-0.15, -0.1) is 0 Å². The SMILES string of the molecule is CCCNC(=O)c1c(NC(=O)C(C)Cn2nc(C)c(Cl)c2C)cnn1C. The molecule has 2 N–H and O–H groups in total. The summed E-state index contributed by atoms with van der Waals surface area (Å²) in [6.07, 6.45) is 2.30. The maximum atomic E-state index is 12.6. The highest BCUT2D eigenvalue weighted by Gasteiger charge is 2.22. The van der Waals surface area contributed by atoms with Crippen LogP contribution >= 0.6 is 11.6 Å². The monoisotopic (exact) mass is 380 g/mol. The molecular weight excluding hydrogens is 356 g/mol. The Labute approximate surface area is 157 Å². The third kappa shape index (κ3) is 4.24. The van der Waals surface area contributed by atoms with E-state index in [4.69, 9.17) is 11.6 Å². The zero-order valence-corrected chi connectivity index (χ0v) is 16.5. The first-order valence-electron chi connectivity index (χ1n) is 8.56. The van der Waals surface area contributed by atoms with Crippen LogP contribution in [0.1, 0.15) is 42.1 Å². The first-order chi connectivity index (χ1) is 12.3. The van der Waals surface area contributed by atoms with Gasteiger partial charge in [-0.3, -0.25) is 19.0 Å². The molecule has 26 heavy (non-hydrogen) atoms. The number of nitrogens with zero attached hydrogens (tertiary/aromatic N) is 4. The van der Waals surface area contributed by atoms with E-state index in [9.17, 15) is 9.59 Å². The molecule has 9 heteroatoms. The van der Waals surface area contributed by atoms with E-state index >= 15 is 0 Å². The molecule has 8 nitrogen and oxygen atoms in total. The Morgan fingerprint density at radius 1 is 1.35 bits per heavy atom. The van der Waals surface area contributed by atoms with Crippen LogP contribution in [0.15, 0.2) is 6.20 Å². The maximum absolute atomic E-state index is 12.6. The highest BCUT2D eigenvalue weighted by molar-refractivity contribution is 6.31. The van der Waals surface area contributed by atoms with Gasteiger partial charge < -0.3 is 10.6 Å². The smallest absolute Gasteiger partial charge is 0.271 e. The third-order valence-electron chi connectivity index (χ3n) is 4.13. The molecule has 1 atom stereocenters. The van der Waals surface area contributed by atoms with Crippen LogP contribution < -0.4 is 10.6 Å². The lowest BCUT2D eigenvalue weighted by Crippen LogP contribution is -2.29. The van der Waals surface area contributed by atoms with E-state index in [1.165, 1.54) is 10.9 Å². The lowest BCUT2D eigenvalue weighted by molar-refractivity contribution is -0.119. The Morgan fingerprint density at radius 2 is 2.04 bits per heavy atom. The summed E-state index contributed by atoms with van der Waals surface area (Å²) in [4.78, 5) is 24.8. The van der Waals surface area contributed by atoms with Gasteiger partial charge in [0, 0.05) is 13.6 Å². The molecule has 1 unspecified atom stereocenters. The number of hydrogen-bond donors (Lipinski definition) is 2. The number of aryl methyl sites for hydroxylation is 2. The number of hydrogen-bond acceptors (Lipinski definition) is 4. The largest absolute Gasteiger partial charge is 0.351 e. The number of anilines is 1. The van der Waals surface area contributed by atoms with Crippen molar-refractivity contribution in [1.82, 2.24) is 24.9 Å². The standard InChI is InChI=1S/C17H25ClN6O2/c1-6-7-19-17(26)15-13(8-20-23(15)5)21-16(25)10(2)9-24-12(4)14(18)11(3)22-24/h8,10H,6-7,9H2,1-5H3,(H,19,26)(H,21,25). The Balaban J connectivity index is 2.09. The Hall–Kier alpha value is -2.35. The topological polar surface area (TPSA) is 93.8 Å². The molecule has 0 bridgehead atoms. The van der Waals surface area contributed by atoms with Crippen LogP contribution in [-0.2, 0) is 18.4 Å². The molecule has 2 heterocycles. The number of nitrogens with one attached hydrogen (secondary N) is 2. The molecular formula is C17H25ClN6O2. The average molecular weight is 381 g/mol. The second-order valence-electron chi connectivity index (χ2n) is 6.34. The van der Waals surface area contributed by atoms with Crippen LogP contribution in [0.3, 0.4) is 0 Å². The first-order valence-corrected chi connectivity index (χ1v) is 8.94. The third-order valence-corrected chi connectivity index (χ3v) is 4.68. The molecule has 0 aromatic carbocycles. The van der Waals surface area contributed by atoms with Crippen molar-refractivity contribution in [2.45, 2.75) is 40.7 Å². The van der Waals surface area contributed by atoms with Crippen LogP contribution in [0.2, 0.25) is 5.02 Å². The highest BCUT2D eigenvalue weighted by atomic mass is 35.5. The van der Waals surface area contributed by atoms with Gasteiger partial charge in [-0.2, -0.15) is 10.2 Å². The summed E-state index contributed by atoms with van der Waals surface area (Å²) in [7, 11) is 1.66. The molecule has 0 radical (unpaired) electrons. The summed E-state index contributed by atoms with van der Waals surface area (Å²) in [6.45, 7) is 8.42. The van der Waals surface area contributed by atoms with Crippen LogP contribution in [0.25, 0.3) is 0 Å². The summed E-state index contributed by atoms with van der Waals surface area (Å²) >= 11 is 6.15. The van der Waals surface area contributed by atoms with E-state index in [1.807, 2.05) is 20.8 Å². The molecule has 0 aliphatic carbocycles. The number of carbonyl (C=O) groups excluding carboxylic acids is 2. The maximum Gasteiger partial charge on any atom is 0.271 e. The van der Waals surface area contributed by atoms with Crippen molar-refractivity contribution in [3.8, 4) is 0 Å². The number of carbonyl (C=O) groups is 2. The lowest BCUT2D eigenvalue weighted by Gasteiger charge is -2.14. The van der Waals surface area contributed by atoms with Gasteiger partial charge in [-0.05, 0) is 20.3 Å². The molecule has 2 aromatic heterocycles. The Kier molecular flexibility index (Phi) is 6.42. The Bertz CT molecular complexity index is 811. The second-order valence-corrected chi connectivity index (χ2v) is 6.72. The van der Waals surface area contributed by atoms with Gasteiger partial charge in [0.25, 0.3) is 5.91 Å². The summed E-state index contributed by atoms with van der Waals surface area (Å²) in [5.41, 5.74) is 2.28. The van der Waals surface area contributed by atoms with Crippen molar-refractivity contribution in [2.24, 2.45) is 13.0 Å². The minimum absolute atomic E-state index is 0.216. The molecule has 2 aromatic rings. The van der Waals surface area contributed by atoms with Crippen molar-refractivity contribution >= 4 is 29.1 Å². The normalized spacial score (nSPS) is 12.1.